The Balaban J connectivity index is 3.62. The van der Waals surface area contributed by atoms with Crippen LogP contribution in [0, 0.1) is 28.4 Å². The molecule has 1 heterocycles. The first-order valence-corrected chi connectivity index (χ1v) is 4.14. The summed E-state index contributed by atoms with van der Waals surface area (Å²) in [6.07, 6.45) is 0. The molecule has 7 heteroatoms. The fourth-order valence-corrected chi connectivity index (χ4v) is 1.57. The van der Waals surface area contributed by atoms with Gasteiger partial charge in [0.25, 0.3) is 0 Å². The number of nitrogens with zero attached hydrogens (tertiary/aromatic N) is 3. The van der Waals surface area contributed by atoms with Gasteiger partial charge in [0, 0.05) is 0 Å². The van der Waals surface area contributed by atoms with Gasteiger partial charge in [-0.15, -0.1) is 0 Å². The van der Waals surface area contributed by atoms with E-state index in [0.29, 0.717) is 0 Å². The van der Waals surface area contributed by atoms with E-state index < -0.39 is 4.92 Å². The van der Waals surface area contributed by atoms with Crippen molar-refractivity contribution < 1.29 is 4.92 Å². The zero-order valence-corrected chi connectivity index (χ0v) is 8.43. The largest absolute Gasteiger partial charge is 0.310 e. The molecule has 0 saturated heterocycles. The van der Waals surface area contributed by atoms with Gasteiger partial charge in [0.05, 0.1) is 16.1 Å². The molecule has 1 aromatic heterocycles. The molecule has 72 valence electrons. The summed E-state index contributed by atoms with van der Waals surface area (Å²) in [4.78, 5) is 13.4. The van der Waals surface area contributed by atoms with Crippen LogP contribution in [0.25, 0.3) is 0 Å². The summed E-state index contributed by atoms with van der Waals surface area (Å²) in [6.45, 7) is 1.40. The maximum Gasteiger partial charge on any atom is 0.310 e. The molecule has 14 heavy (non-hydrogen) atoms. The van der Waals surface area contributed by atoms with Gasteiger partial charge in [0.2, 0.25) is 5.15 Å². The van der Waals surface area contributed by atoms with Crippen molar-refractivity contribution in [1.82, 2.24) is 4.98 Å². The highest BCUT2D eigenvalue weighted by molar-refractivity contribution is 6.34. The number of nitro groups is 1. The third-order valence-electron chi connectivity index (χ3n) is 1.62. The molecule has 1 aromatic rings. The fraction of sp³-hybridized carbons (Fsp3) is 0.143. The van der Waals surface area contributed by atoms with E-state index in [-0.39, 0.29) is 27.1 Å². The Kier molecular flexibility index (Phi) is 2.89. The SMILES string of the molecule is Cc1c(C#N)c(Cl)nc(Cl)c1[N+](=O)[O-]. The maximum absolute atomic E-state index is 10.6. The summed E-state index contributed by atoms with van der Waals surface area (Å²) in [7, 11) is 0. The first-order valence-electron chi connectivity index (χ1n) is 3.39. The Labute approximate surface area is 89.0 Å². The molecule has 0 bridgehead atoms. The van der Waals surface area contributed by atoms with Crippen molar-refractivity contribution in [1.29, 1.82) is 5.26 Å². The van der Waals surface area contributed by atoms with Crippen LogP contribution >= 0.6 is 23.2 Å². The standard InChI is InChI=1S/C7H3Cl2N3O2/c1-3-4(2-10)6(8)11-7(9)5(3)12(13)14/h1H3. The highest BCUT2D eigenvalue weighted by atomic mass is 35.5. The average Bonchev–Trinajstić information content (AvgIpc) is 2.02. The number of hydrogen-bond acceptors (Lipinski definition) is 4. The topological polar surface area (TPSA) is 79.8 Å². The summed E-state index contributed by atoms with van der Waals surface area (Å²) >= 11 is 11.1. The van der Waals surface area contributed by atoms with E-state index >= 15 is 0 Å². The number of pyridine rings is 1. The quantitative estimate of drug-likeness (QED) is 0.423. The molecule has 0 aliphatic heterocycles. The lowest BCUT2D eigenvalue weighted by Gasteiger charge is -2.02. The maximum atomic E-state index is 10.6. The molecular formula is C7H3Cl2N3O2. The van der Waals surface area contributed by atoms with Crippen LogP contribution in [0.3, 0.4) is 0 Å². The minimum atomic E-state index is -0.693. The molecule has 0 fully saturated rings. The number of hydrogen-bond donors (Lipinski definition) is 0. The highest BCUT2D eigenvalue weighted by Gasteiger charge is 2.23. The zero-order chi connectivity index (χ0) is 10.9. The molecule has 0 radical (unpaired) electrons. The van der Waals surface area contributed by atoms with Crippen molar-refractivity contribution >= 4 is 28.9 Å². The minimum absolute atomic E-state index is 0.0252. The number of halogens is 2. The van der Waals surface area contributed by atoms with E-state index in [4.69, 9.17) is 28.5 Å². The van der Waals surface area contributed by atoms with Crippen LogP contribution in [0.1, 0.15) is 11.1 Å². The van der Waals surface area contributed by atoms with Crippen LogP contribution in [-0.2, 0) is 0 Å². The fourth-order valence-electron chi connectivity index (χ4n) is 0.965. The van der Waals surface area contributed by atoms with Crippen molar-refractivity contribution in [3.63, 3.8) is 0 Å². The molecule has 0 aliphatic rings. The number of nitriles is 1. The molecule has 0 atom stereocenters. The molecular weight excluding hydrogens is 229 g/mol. The van der Waals surface area contributed by atoms with E-state index in [2.05, 4.69) is 4.98 Å². The molecule has 0 spiro atoms. The Bertz CT molecular complexity index is 453. The van der Waals surface area contributed by atoms with Crippen molar-refractivity contribution in [2.75, 3.05) is 0 Å². The predicted molar refractivity (Wildman–Crippen MR) is 50.4 cm³/mol. The Morgan fingerprint density at radius 2 is 2.07 bits per heavy atom. The third kappa shape index (κ3) is 1.62. The van der Waals surface area contributed by atoms with Gasteiger partial charge < -0.3 is 0 Å². The van der Waals surface area contributed by atoms with E-state index in [9.17, 15) is 10.1 Å². The van der Waals surface area contributed by atoms with Gasteiger partial charge in [-0.1, -0.05) is 23.2 Å². The van der Waals surface area contributed by atoms with Crippen LogP contribution < -0.4 is 0 Å². The number of aromatic nitrogens is 1. The van der Waals surface area contributed by atoms with Gasteiger partial charge >= 0.3 is 5.69 Å². The second-order valence-corrected chi connectivity index (χ2v) is 3.13. The molecule has 0 aliphatic carbocycles. The van der Waals surface area contributed by atoms with Crippen LogP contribution in [-0.4, -0.2) is 9.91 Å². The molecule has 5 nitrogen and oxygen atoms in total. The van der Waals surface area contributed by atoms with Crippen molar-refractivity contribution in [3.05, 3.63) is 31.5 Å². The number of rotatable bonds is 1. The van der Waals surface area contributed by atoms with Crippen molar-refractivity contribution in [3.8, 4) is 6.07 Å². The third-order valence-corrected chi connectivity index (χ3v) is 2.16. The van der Waals surface area contributed by atoms with Crippen molar-refractivity contribution in [2.45, 2.75) is 6.92 Å². The zero-order valence-electron chi connectivity index (χ0n) is 6.91. The van der Waals surface area contributed by atoms with Crippen LogP contribution in [0.5, 0.6) is 0 Å². The Hall–Kier alpha value is -1.38. The first kappa shape index (κ1) is 10.7. The monoisotopic (exact) mass is 231 g/mol. The predicted octanol–water partition coefficient (Wildman–Crippen LogP) is 2.48. The average molecular weight is 232 g/mol. The lowest BCUT2D eigenvalue weighted by molar-refractivity contribution is -0.385. The summed E-state index contributed by atoms with van der Waals surface area (Å²) in [5.74, 6) is 0. The van der Waals surface area contributed by atoms with Gasteiger partial charge in [-0.3, -0.25) is 10.1 Å². The van der Waals surface area contributed by atoms with E-state index in [0.717, 1.165) is 0 Å². The minimum Gasteiger partial charge on any atom is -0.258 e. The smallest absolute Gasteiger partial charge is 0.258 e. The summed E-state index contributed by atoms with van der Waals surface area (Å²) in [6, 6.07) is 1.73. The second kappa shape index (κ2) is 3.78. The first-order chi connectivity index (χ1) is 6.49. The molecule has 0 amide bonds. The summed E-state index contributed by atoms with van der Waals surface area (Å²) < 4.78 is 0. The van der Waals surface area contributed by atoms with Crippen LogP contribution in [0.2, 0.25) is 10.3 Å². The highest BCUT2D eigenvalue weighted by Crippen LogP contribution is 2.31. The lowest BCUT2D eigenvalue weighted by Crippen LogP contribution is -1.98. The van der Waals surface area contributed by atoms with Crippen LogP contribution in [0.4, 0.5) is 5.69 Å². The molecule has 0 unspecified atom stereocenters. The normalized spacial score (nSPS) is 9.57. The van der Waals surface area contributed by atoms with Crippen molar-refractivity contribution in [2.24, 2.45) is 0 Å². The molecule has 0 N–H and O–H groups in total. The lowest BCUT2D eigenvalue weighted by atomic mass is 10.1. The van der Waals surface area contributed by atoms with E-state index in [1.807, 2.05) is 0 Å². The van der Waals surface area contributed by atoms with E-state index in [1.54, 1.807) is 6.07 Å². The van der Waals surface area contributed by atoms with Gasteiger partial charge in [-0.25, -0.2) is 4.98 Å². The molecule has 0 saturated carbocycles. The van der Waals surface area contributed by atoms with Gasteiger partial charge in [0.15, 0.2) is 0 Å². The Morgan fingerprint density at radius 3 is 2.50 bits per heavy atom. The van der Waals surface area contributed by atoms with Gasteiger partial charge in [0.1, 0.15) is 11.2 Å². The second-order valence-electron chi connectivity index (χ2n) is 2.41. The van der Waals surface area contributed by atoms with Gasteiger partial charge in [-0.2, -0.15) is 5.26 Å². The Morgan fingerprint density at radius 1 is 1.50 bits per heavy atom. The van der Waals surface area contributed by atoms with Gasteiger partial charge in [-0.05, 0) is 6.92 Å². The summed E-state index contributed by atoms with van der Waals surface area (Å²) in [5, 5.41) is 18.8. The molecule has 1 rings (SSSR count). The summed E-state index contributed by atoms with van der Waals surface area (Å²) in [5.41, 5.74) is -0.280. The van der Waals surface area contributed by atoms with Crippen LogP contribution in [0.15, 0.2) is 0 Å². The van der Waals surface area contributed by atoms with E-state index in [1.165, 1.54) is 6.92 Å². The molecule has 0 aromatic carbocycles.